The number of nitrogens with zero attached hydrogens (tertiary/aromatic N) is 1. The van der Waals surface area contributed by atoms with Crippen LogP contribution < -0.4 is 20.1 Å². The molecule has 0 bridgehead atoms. The first-order valence-corrected chi connectivity index (χ1v) is 14.6. The number of nitrogens with one attached hydrogen (secondary N) is 2. The fraction of sp³-hybridized carbons (Fsp3) is 0.548. The number of benzene rings is 2. The Hall–Kier alpha value is -3.54. The number of fused-ring (bicyclic) bond motifs is 1. The van der Waals surface area contributed by atoms with Crippen molar-refractivity contribution in [3.8, 4) is 11.5 Å². The second kappa shape index (κ2) is 13.8. The Kier molecular flexibility index (Phi) is 10.4. The number of carbonyl (C=O) groups is 2. The summed E-state index contributed by atoms with van der Waals surface area (Å²) in [6, 6.07) is 13.2. The third-order valence-corrected chi connectivity index (χ3v) is 8.96. The molecule has 2 amide bonds. The largest absolute Gasteiger partial charge is 0.493 e. The van der Waals surface area contributed by atoms with Gasteiger partial charge in [-0.15, -0.1) is 0 Å². The zero-order valence-electron chi connectivity index (χ0n) is 24.4. The van der Waals surface area contributed by atoms with E-state index in [9.17, 15) is 22.4 Å². The summed E-state index contributed by atoms with van der Waals surface area (Å²) in [6.07, 6.45) is 5.30. The van der Waals surface area contributed by atoms with E-state index in [0.717, 1.165) is 43.7 Å². The molecule has 1 heterocycles. The van der Waals surface area contributed by atoms with Gasteiger partial charge in [0.15, 0.2) is 11.5 Å². The van der Waals surface area contributed by atoms with Gasteiger partial charge < -0.3 is 25.2 Å². The molecule has 3 fully saturated rings. The van der Waals surface area contributed by atoms with Crippen LogP contribution in [0.5, 0.6) is 11.5 Å². The number of rotatable bonds is 6. The molecule has 3 atom stereocenters. The molecule has 2 aliphatic carbocycles. The standard InChI is InChI=1S/C29H38FN3O3.C2HF3O2/c1-35-25-12-11-20(17-26(25)36-2)29-14-13-23(32-28(34)31-22-8-6-7-21(30)18-22)19-27(29)33(16-15-29)24-9-4-3-5-10-24;3-2(4,5)1(6)7/h6-8,11-12,17-18,23-24,27H,3-5,9-10,13-16,19H2,1-2H3,(H2,31,32,34);(H,6,7)/t23-,27+,29+;/m1./s1. The molecule has 8 nitrogen and oxygen atoms in total. The molecule has 2 aromatic rings. The van der Waals surface area contributed by atoms with Gasteiger partial charge in [-0.2, -0.15) is 13.2 Å². The molecule has 3 N–H and O–H groups in total. The average molecular weight is 610 g/mol. The molecule has 5 rings (SSSR count). The summed E-state index contributed by atoms with van der Waals surface area (Å²) in [5.74, 6) is -1.60. The number of amides is 2. The summed E-state index contributed by atoms with van der Waals surface area (Å²) < 4.78 is 56.5. The van der Waals surface area contributed by atoms with E-state index < -0.39 is 12.1 Å². The maximum Gasteiger partial charge on any atom is 0.490 e. The minimum Gasteiger partial charge on any atom is -0.493 e. The van der Waals surface area contributed by atoms with Gasteiger partial charge in [-0.1, -0.05) is 31.4 Å². The van der Waals surface area contributed by atoms with E-state index in [1.165, 1.54) is 49.8 Å². The summed E-state index contributed by atoms with van der Waals surface area (Å²) in [7, 11) is 3.36. The lowest BCUT2D eigenvalue weighted by molar-refractivity contribution is -0.192. The van der Waals surface area contributed by atoms with Gasteiger partial charge in [0.2, 0.25) is 0 Å². The Morgan fingerprint density at radius 1 is 0.977 bits per heavy atom. The zero-order chi connectivity index (χ0) is 31.2. The monoisotopic (exact) mass is 609 g/mol. The number of alkyl halides is 3. The van der Waals surface area contributed by atoms with Crippen molar-refractivity contribution in [1.82, 2.24) is 10.2 Å². The summed E-state index contributed by atoms with van der Waals surface area (Å²) in [4.78, 5) is 24.4. The minimum absolute atomic E-state index is 0.0359. The number of urea groups is 1. The van der Waals surface area contributed by atoms with E-state index in [4.69, 9.17) is 19.4 Å². The highest BCUT2D eigenvalue weighted by atomic mass is 19.4. The third-order valence-electron chi connectivity index (χ3n) is 8.96. The van der Waals surface area contributed by atoms with Gasteiger partial charge in [0.1, 0.15) is 5.82 Å². The smallest absolute Gasteiger partial charge is 0.490 e. The van der Waals surface area contributed by atoms with Crippen LogP contribution >= 0.6 is 0 Å². The van der Waals surface area contributed by atoms with Gasteiger partial charge in [-0.3, -0.25) is 4.90 Å². The second-order valence-corrected chi connectivity index (χ2v) is 11.4. The lowest BCUT2D eigenvalue weighted by Crippen LogP contribution is -2.55. The summed E-state index contributed by atoms with van der Waals surface area (Å²) in [6.45, 7) is 1.09. The molecule has 2 aromatic carbocycles. The molecule has 12 heteroatoms. The van der Waals surface area contributed by atoms with Gasteiger partial charge in [0.05, 0.1) is 14.2 Å². The summed E-state index contributed by atoms with van der Waals surface area (Å²) in [5, 5.41) is 13.1. The van der Waals surface area contributed by atoms with Crippen molar-refractivity contribution in [3.63, 3.8) is 0 Å². The van der Waals surface area contributed by atoms with E-state index in [1.54, 1.807) is 26.4 Å². The quantitative estimate of drug-likeness (QED) is 0.324. The first-order chi connectivity index (χ1) is 20.5. The van der Waals surface area contributed by atoms with Crippen molar-refractivity contribution in [2.75, 3.05) is 26.1 Å². The molecule has 0 aromatic heterocycles. The molecule has 0 unspecified atom stereocenters. The van der Waals surface area contributed by atoms with Gasteiger partial charge in [0.25, 0.3) is 0 Å². The maximum atomic E-state index is 13.6. The SMILES string of the molecule is COc1ccc([C@@]23CC[C@@H](NC(=O)Nc4cccc(F)c4)C[C@@H]2N(C2CCCCC2)CC3)cc1OC.O=C(O)C(F)(F)F. The van der Waals surface area contributed by atoms with Crippen LogP contribution in [0.4, 0.5) is 28.0 Å². The van der Waals surface area contributed by atoms with Crippen LogP contribution in [-0.4, -0.2) is 67.1 Å². The number of aliphatic carboxylic acids is 1. The fourth-order valence-electron chi connectivity index (χ4n) is 6.97. The Balaban J connectivity index is 0.000000541. The van der Waals surface area contributed by atoms with Gasteiger partial charge in [-0.05, 0) is 81.0 Å². The molecule has 0 spiro atoms. The fourth-order valence-corrected chi connectivity index (χ4v) is 6.97. The number of likely N-dealkylation sites (tertiary alicyclic amines) is 1. The van der Waals surface area contributed by atoms with Crippen molar-refractivity contribution < 1.29 is 41.7 Å². The Morgan fingerprint density at radius 3 is 2.30 bits per heavy atom. The van der Waals surface area contributed by atoms with Crippen LogP contribution in [0.25, 0.3) is 0 Å². The topological polar surface area (TPSA) is 100 Å². The summed E-state index contributed by atoms with van der Waals surface area (Å²) >= 11 is 0. The minimum atomic E-state index is -5.08. The number of carboxylic acid groups (broad SMARTS) is 1. The first-order valence-electron chi connectivity index (χ1n) is 14.6. The molecule has 1 aliphatic heterocycles. The van der Waals surface area contributed by atoms with Gasteiger partial charge in [0, 0.05) is 29.2 Å². The number of methoxy groups -OCH3 is 2. The molecule has 0 radical (unpaired) electrons. The maximum absolute atomic E-state index is 13.6. The number of hydrogen-bond acceptors (Lipinski definition) is 5. The van der Waals surface area contributed by atoms with E-state index in [-0.39, 0.29) is 23.3 Å². The molecular formula is C31H39F4N3O5. The van der Waals surface area contributed by atoms with Crippen molar-refractivity contribution >= 4 is 17.7 Å². The number of anilines is 1. The molecule has 1 saturated heterocycles. The van der Waals surface area contributed by atoms with Crippen LogP contribution in [0.3, 0.4) is 0 Å². The molecular weight excluding hydrogens is 570 g/mol. The second-order valence-electron chi connectivity index (χ2n) is 11.4. The predicted octanol–water partition coefficient (Wildman–Crippen LogP) is 6.50. The highest BCUT2D eigenvalue weighted by molar-refractivity contribution is 5.89. The molecule has 236 valence electrons. The Morgan fingerprint density at radius 2 is 1.67 bits per heavy atom. The summed E-state index contributed by atoms with van der Waals surface area (Å²) in [5.41, 5.74) is 1.81. The number of hydrogen-bond donors (Lipinski definition) is 3. The van der Waals surface area contributed by atoms with Gasteiger partial charge in [-0.25, -0.2) is 14.0 Å². The normalized spacial score (nSPS) is 24.2. The van der Waals surface area contributed by atoms with Crippen LogP contribution in [0, 0.1) is 5.82 Å². The Bertz CT molecular complexity index is 1270. The van der Waals surface area contributed by atoms with Crippen LogP contribution in [0.1, 0.15) is 63.4 Å². The lowest BCUT2D eigenvalue weighted by atomic mass is 9.64. The highest BCUT2D eigenvalue weighted by Gasteiger charge is 2.53. The predicted molar refractivity (Wildman–Crippen MR) is 153 cm³/mol. The highest BCUT2D eigenvalue weighted by Crippen LogP contribution is 2.51. The van der Waals surface area contributed by atoms with E-state index in [2.05, 4.69) is 27.7 Å². The van der Waals surface area contributed by atoms with Gasteiger partial charge >= 0.3 is 18.2 Å². The van der Waals surface area contributed by atoms with E-state index >= 15 is 0 Å². The van der Waals surface area contributed by atoms with Crippen molar-refractivity contribution in [2.24, 2.45) is 0 Å². The van der Waals surface area contributed by atoms with Crippen LogP contribution in [-0.2, 0) is 10.2 Å². The van der Waals surface area contributed by atoms with Crippen molar-refractivity contribution in [2.45, 2.75) is 87.5 Å². The molecule has 2 saturated carbocycles. The number of halogens is 4. The van der Waals surface area contributed by atoms with Crippen LogP contribution in [0.15, 0.2) is 42.5 Å². The molecule has 43 heavy (non-hydrogen) atoms. The Labute approximate surface area is 248 Å². The zero-order valence-corrected chi connectivity index (χ0v) is 24.4. The third kappa shape index (κ3) is 7.70. The van der Waals surface area contributed by atoms with E-state index in [1.807, 2.05) is 6.07 Å². The average Bonchev–Trinajstić information content (AvgIpc) is 3.37. The van der Waals surface area contributed by atoms with Crippen LogP contribution in [0.2, 0.25) is 0 Å². The number of carbonyl (C=O) groups excluding carboxylic acids is 1. The number of carboxylic acids is 1. The number of ether oxygens (including phenoxy) is 2. The first kappa shape index (κ1) is 32.4. The van der Waals surface area contributed by atoms with Crippen molar-refractivity contribution in [3.05, 3.63) is 53.8 Å². The lowest BCUT2D eigenvalue weighted by Gasteiger charge is -2.47. The van der Waals surface area contributed by atoms with Crippen molar-refractivity contribution in [1.29, 1.82) is 0 Å². The molecule has 3 aliphatic rings. The van der Waals surface area contributed by atoms with E-state index in [0.29, 0.717) is 17.8 Å².